The van der Waals surface area contributed by atoms with Crippen LogP contribution in [0.15, 0.2) is 48.4 Å². The minimum absolute atomic E-state index is 0.0497. The van der Waals surface area contributed by atoms with Crippen LogP contribution in [0.1, 0.15) is 49.5 Å². The summed E-state index contributed by atoms with van der Waals surface area (Å²) in [6.07, 6.45) is 4.46. The average Bonchev–Trinajstić information content (AvgIpc) is 2.63. The Bertz CT molecular complexity index is 679. The van der Waals surface area contributed by atoms with Crippen molar-refractivity contribution in [3.05, 3.63) is 59.5 Å². The first kappa shape index (κ1) is 23.2. The molecule has 0 fully saturated rings. The van der Waals surface area contributed by atoms with Crippen molar-refractivity contribution in [2.24, 2.45) is 0 Å². The summed E-state index contributed by atoms with van der Waals surface area (Å²) in [7, 11) is 0. The fourth-order valence-corrected chi connectivity index (χ4v) is 3.03. The molecule has 0 spiro atoms. The number of ether oxygens (including phenoxy) is 2. The zero-order chi connectivity index (χ0) is 20.2. The molecule has 148 valence electrons. The summed E-state index contributed by atoms with van der Waals surface area (Å²) in [6.45, 7) is 14.6. The third kappa shape index (κ3) is 9.09. The molecule has 1 aromatic carbocycles. The lowest BCUT2D eigenvalue weighted by molar-refractivity contribution is 0.0554. The molecule has 0 aromatic heterocycles. The van der Waals surface area contributed by atoms with Crippen molar-refractivity contribution >= 4 is 22.5 Å². The van der Waals surface area contributed by atoms with E-state index in [1.165, 1.54) is 18.7 Å². The largest absolute Gasteiger partial charge is 0.491 e. The molecule has 0 saturated carbocycles. The van der Waals surface area contributed by atoms with Gasteiger partial charge in [0.05, 0.1) is 6.10 Å². The molecule has 27 heavy (non-hydrogen) atoms. The lowest BCUT2D eigenvalue weighted by atomic mass is 10.1. The normalized spacial score (nSPS) is 12.5. The number of benzene rings is 1. The van der Waals surface area contributed by atoms with Crippen LogP contribution >= 0.6 is 11.8 Å². The van der Waals surface area contributed by atoms with Crippen molar-refractivity contribution in [1.29, 1.82) is 0 Å². The summed E-state index contributed by atoms with van der Waals surface area (Å²) in [4.78, 5) is 13.7. The van der Waals surface area contributed by atoms with Crippen LogP contribution in [0, 0.1) is 0 Å². The van der Waals surface area contributed by atoms with Crippen LogP contribution in [0.5, 0.6) is 5.75 Å². The highest BCUT2D eigenvalue weighted by Gasteiger charge is 2.11. The third-order valence-corrected chi connectivity index (χ3v) is 4.60. The fourth-order valence-electron chi connectivity index (χ4n) is 2.24. The molecule has 0 amide bonds. The van der Waals surface area contributed by atoms with Gasteiger partial charge in [-0.3, -0.25) is 4.79 Å². The maximum Gasteiger partial charge on any atom is 0.159 e. The minimum atomic E-state index is -0.623. The van der Waals surface area contributed by atoms with E-state index < -0.39 is 6.10 Å². The first-order valence-corrected chi connectivity index (χ1v) is 9.90. The summed E-state index contributed by atoms with van der Waals surface area (Å²) in [5, 5.41) is 10.0. The molecule has 1 N–H and O–H groups in total. The quantitative estimate of drug-likeness (QED) is 0.284. The highest BCUT2D eigenvalue weighted by Crippen LogP contribution is 2.34. The van der Waals surface area contributed by atoms with Gasteiger partial charge in [-0.15, -0.1) is 0 Å². The Hall–Kier alpha value is -1.82. The molecule has 0 heterocycles. The third-order valence-electron chi connectivity index (χ3n) is 3.66. The molecule has 4 nitrogen and oxygen atoms in total. The average molecular weight is 391 g/mol. The lowest BCUT2D eigenvalue weighted by Crippen LogP contribution is -2.19. The van der Waals surface area contributed by atoms with Gasteiger partial charge >= 0.3 is 0 Å². The van der Waals surface area contributed by atoms with Gasteiger partial charge in [0, 0.05) is 23.7 Å². The topological polar surface area (TPSA) is 55.8 Å². The molecule has 0 radical (unpaired) electrons. The number of thioether (sulfide) groups is 1. The molecular weight excluding hydrogens is 360 g/mol. The van der Waals surface area contributed by atoms with Gasteiger partial charge in [0.2, 0.25) is 0 Å². The Balaban J connectivity index is 2.80. The number of carbonyl (C=O) groups excluding carboxylic acids is 1. The van der Waals surface area contributed by atoms with E-state index in [0.717, 1.165) is 21.8 Å². The molecular formula is C22H30O4S. The zero-order valence-electron chi connectivity index (χ0n) is 16.5. The van der Waals surface area contributed by atoms with Crippen molar-refractivity contribution in [3.8, 4) is 5.75 Å². The van der Waals surface area contributed by atoms with Gasteiger partial charge in [0.1, 0.15) is 12.4 Å². The number of allylic oxidation sites excluding steroid dienone is 3. The predicted octanol–water partition coefficient (Wildman–Crippen LogP) is 5.24. The van der Waals surface area contributed by atoms with Crippen LogP contribution in [0.25, 0.3) is 4.91 Å². The fraction of sp³-hybridized carbons (Fsp3) is 0.409. The number of hydrogen-bond acceptors (Lipinski definition) is 5. The molecule has 5 heteroatoms. The molecule has 1 atom stereocenters. The SMILES string of the molecule is C=C/C=C(/C)SC(=C)c1cc(OC[C@@H](O)CCOCCC)cc(C(C)=O)c1. The summed E-state index contributed by atoms with van der Waals surface area (Å²) in [5.41, 5.74) is 1.37. The number of aliphatic hydroxyl groups excluding tert-OH is 1. The van der Waals surface area contributed by atoms with Gasteiger partial charge in [0.15, 0.2) is 5.78 Å². The molecule has 1 rings (SSSR count). The van der Waals surface area contributed by atoms with Crippen molar-refractivity contribution in [1.82, 2.24) is 0 Å². The summed E-state index contributed by atoms with van der Waals surface area (Å²) in [6, 6.07) is 5.33. The highest BCUT2D eigenvalue weighted by atomic mass is 32.2. The highest BCUT2D eigenvalue weighted by molar-refractivity contribution is 8.11. The molecule has 0 unspecified atom stereocenters. The van der Waals surface area contributed by atoms with Gasteiger partial charge in [-0.25, -0.2) is 0 Å². The number of carbonyl (C=O) groups is 1. The molecule has 0 aliphatic heterocycles. The van der Waals surface area contributed by atoms with Crippen LogP contribution in [-0.2, 0) is 4.74 Å². The van der Waals surface area contributed by atoms with Crippen molar-refractivity contribution in [3.63, 3.8) is 0 Å². The molecule has 0 aliphatic carbocycles. The predicted molar refractivity (Wildman–Crippen MR) is 114 cm³/mol. The first-order chi connectivity index (χ1) is 12.9. The Kier molecular flexibility index (Phi) is 10.8. The minimum Gasteiger partial charge on any atom is -0.491 e. The van der Waals surface area contributed by atoms with Crippen molar-refractivity contribution in [2.45, 2.75) is 39.7 Å². The van der Waals surface area contributed by atoms with Crippen LogP contribution in [0.3, 0.4) is 0 Å². The number of hydrogen-bond donors (Lipinski definition) is 1. The second-order valence-electron chi connectivity index (χ2n) is 6.21. The molecule has 0 saturated heterocycles. The Labute approximate surface area is 167 Å². The van der Waals surface area contributed by atoms with Crippen LogP contribution in [0.4, 0.5) is 0 Å². The summed E-state index contributed by atoms with van der Waals surface area (Å²) < 4.78 is 11.1. The van der Waals surface area contributed by atoms with E-state index in [9.17, 15) is 9.90 Å². The van der Waals surface area contributed by atoms with Gasteiger partial charge in [0.25, 0.3) is 0 Å². The van der Waals surface area contributed by atoms with E-state index in [0.29, 0.717) is 30.9 Å². The number of Topliss-reactive ketones (excluding diaryl/α,β-unsaturated/α-hetero) is 1. The standard InChI is InChI=1S/C22H30O4S/c1-6-8-16(3)27-18(5)20-12-19(17(4)23)13-22(14-20)26-15-21(24)9-11-25-10-7-2/h6,8,12-14,21,24H,1,5,7,9-11,15H2,2-4H3/b16-8-/t21-/m0/s1. The van der Waals surface area contributed by atoms with Crippen LogP contribution in [-0.4, -0.2) is 36.8 Å². The lowest BCUT2D eigenvalue weighted by Gasteiger charge is -2.15. The maximum absolute atomic E-state index is 11.9. The van der Waals surface area contributed by atoms with Gasteiger partial charge in [-0.2, -0.15) is 0 Å². The van der Waals surface area contributed by atoms with E-state index in [1.54, 1.807) is 18.2 Å². The first-order valence-electron chi connectivity index (χ1n) is 9.08. The van der Waals surface area contributed by atoms with E-state index >= 15 is 0 Å². The second kappa shape index (κ2) is 12.5. The number of rotatable bonds is 13. The summed E-state index contributed by atoms with van der Waals surface area (Å²) in [5.74, 6) is 0.490. The van der Waals surface area contributed by atoms with E-state index in [1.807, 2.05) is 26.0 Å². The van der Waals surface area contributed by atoms with E-state index in [4.69, 9.17) is 9.47 Å². The van der Waals surface area contributed by atoms with Crippen molar-refractivity contribution in [2.75, 3.05) is 19.8 Å². The van der Waals surface area contributed by atoms with Gasteiger partial charge < -0.3 is 14.6 Å². The van der Waals surface area contributed by atoms with Crippen LogP contribution in [0.2, 0.25) is 0 Å². The maximum atomic E-state index is 11.9. The smallest absolute Gasteiger partial charge is 0.159 e. The van der Waals surface area contributed by atoms with Crippen LogP contribution < -0.4 is 4.74 Å². The monoisotopic (exact) mass is 390 g/mol. The Morgan fingerprint density at radius 2 is 1.96 bits per heavy atom. The zero-order valence-corrected chi connectivity index (χ0v) is 17.3. The molecule has 0 aliphatic rings. The molecule has 1 aromatic rings. The second-order valence-corrected chi connectivity index (χ2v) is 7.55. The van der Waals surface area contributed by atoms with Crippen molar-refractivity contribution < 1.29 is 19.4 Å². The van der Waals surface area contributed by atoms with Gasteiger partial charge in [-0.05, 0) is 55.4 Å². The Morgan fingerprint density at radius 1 is 1.26 bits per heavy atom. The van der Waals surface area contributed by atoms with E-state index in [-0.39, 0.29) is 12.4 Å². The van der Waals surface area contributed by atoms with E-state index in [2.05, 4.69) is 13.2 Å². The Morgan fingerprint density at radius 3 is 2.59 bits per heavy atom. The molecule has 0 bridgehead atoms. The number of ketones is 1. The van der Waals surface area contributed by atoms with Gasteiger partial charge in [-0.1, -0.05) is 44.0 Å². The number of aliphatic hydroxyl groups is 1. The summed E-state index contributed by atoms with van der Waals surface area (Å²) >= 11 is 1.51.